The van der Waals surface area contributed by atoms with E-state index in [4.69, 9.17) is 9.47 Å². The van der Waals surface area contributed by atoms with Crippen LogP contribution in [0.5, 0.6) is 11.5 Å². The Morgan fingerprint density at radius 2 is 2.12 bits per heavy atom. The van der Waals surface area contributed by atoms with E-state index in [-0.39, 0.29) is 24.3 Å². The van der Waals surface area contributed by atoms with Crippen molar-refractivity contribution in [3.05, 3.63) is 60.7 Å². The predicted octanol–water partition coefficient (Wildman–Crippen LogP) is 3.47. The summed E-state index contributed by atoms with van der Waals surface area (Å²) in [6, 6.07) is 11.4. The Balaban J connectivity index is 1.40. The van der Waals surface area contributed by atoms with Crippen LogP contribution >= 0.6 is 11.8 Å². The van der Waals surface area contributed by atoms with Gasteiger partial charge in [-0.2, -0.15) is 0 Å². The number of fused-ring (bicyclic) bond motifs is 1. The summed E-state index contributed by atoms with van der Waals surface area (Å²) in [6.45, 7) is 0.186. The lowest BCUT2D eigenvalue weighted by Crippen LogP contribution is -2.14. The minimum Gasteiger partial charge on any atom is -0.454 e. The second-order valence-electron chi connectivity index (χ2n) is 5.46. The van der Waals surface area contributed by atoms with Gasteiger partial charge in [0, 0.05) is 24.1 Å². The van der Waals surface area contributed by atoms with Crippen molar-refractivity contribution in [3.63, 3.8) is 0 Å². The van der Waals surface area contributed by atoms with Gasteiger partial charge >= 0.3 is 0 Å². The van der Waals surface area contributed by atoms with Gasteiger partial charge in [0.1, 0.15) is 5.82 Å². The number of hydrogen-bond donors (Lipinski definition) is 1. The van der Waals surface area contributed by atoms with Crippen LogP contribution in [0.15, 0.2) is 60.0 Å². The molecule has 26 heavy (non-hydrogen) atoms. The van der Waals surface area contributed by atoms with Crippen molar-refractivity contribution in [2.75, 3.05) is 17.9 Å². The van der Waals surface area contributed by atoms with Crippen LogP contribution in [0.2, 0.25) is 0 Å². The number of benzene rings is 2. The molecule has 3 aromatic rings. The smallest absolute Gasteiger partial charge is 0.234 e. The molecule has 0 saturated carbocycles. The minimum absolute atomic E-state index is 0.167. The first-order valence-electron chi connectivity index (χ1n) is 7.81. The normalized spacial score (nSPS) is 12.2. The molecule has 4 rings (SSSR count). The second kappa shape index (κ2) is 7.09. The number of rotatable bonds is 5. The van der Waals surface area contributed by atoms with E-state index in [0.29, 0.717) is 28.0 Å². The monoisotopic (exact) mass is 371 g/mol. The lowest BCUT2D eigenvalue weighted by atomic mass is 10.3. The maximum absolute atomic E-state index is 13.4. The molecule has 0 spiro atoms. The zero-order valence-corrected chi connectivity index (χ0v) is 14.3. The van der Waals surface area contributed by atoms with E-state index in [2.05, 4.69) is 10.3 Å². The van der Waals surface area contributed by atoms with E-state index in [1.54, 1.807) is 47.3 Å². The zero-order valence-electron chi connectivity index (χ0n) is 13.5. The Kier molecular flexibility index (Phi) is 4.49. The third-order valence-electron chi connectivity index (χ3n) is 3.68. The molecule has 2 heterocycles. The van der Waals surface area contributed by atoms with Crippen LogP contribution in [0.25, 0.3) is 5.69 Å². The average molecular weight is 371 g/mol. The standard InChI is InChI=1S/C18H14FN3O3S/c19-12-2-1-3-14(8-12)22-7-6-20-18(22)26-10-17(23)21-13-4-5-15-16(9-13)25-11-24-15/h1-9H,10-11H2,(H,21,23). The highest BCUT2D eigenvalue weighted by Crippen LogP contribution is 2.34. The van der Waals surface area contributed by atoms with Gasteiger partial charge in [-0.15, -0.1) is 0 Å². The molecule has 0 unspecified atom stereocenters. The van der Waals surface area contributed by atoms with Gasteiger partial charge < -0.3 is 14.8 Å². The number of halogens is 1. The fraction of sp³-hybridized carbons (Fsp3) is 0.111. The van der Waals surface area contributed by atoms with Crippen LogP contribution in [-0.2, 0) is 4.79 Å². The maximum Gasteiger partial charge on any atom is 0.234 e. The summed E-state index contributed by atoms with van der Waals surface area (Å²) < 4.78 is 25.7. The Morgan fingerprint density at radius 3 is 3.00 bits per heavy atom. The van der Waals surface area contributed by atoms with Gasteiger partial charge in [-0.3, -0.25) is 9.36 Å². The fourth-order valence-electron chi connectivity index (χ4n) is 2.52. The SMILES string of the molecule is O=C(CSc1nccn1-c1cccc(F)c1)Nc1ccc2c(c1)OCO2. The number of carbonyl (C=O) groups excluding carboxylic acids is 1. The summed E-state index contributed by atoms with van der Waals surface area (Å²) in [6.07, 6.45) is 3.34. The molecule has 8 heteroatoms. The number of nitrogens with one attached hydrogen (secondary N) is 1. The molecule has 0 radical (unpaired) electrons. The molecule has 1 N–H and O–H groups in total. The molecule has 1 amide bonds. The molecule has 1 aromatic heterocycles. The minimum atomic E-state index is -0.326. The first kappa shape index (κ1) is 16.5. The highest BCUT2D eigenvalue weighted by Gasteiger charge is 2.15. The van der Waals surface area contributed by atoms with Gasteiger partial charge in [0.25, 0.3) is 0 Å². The summed E-state index contributed by atoms with van der Waals surface area (Å²) in [5.41, 5.74) is 1.29. The average Bonchev–Trinajstić information content (AvgIpc) is 3.28. The Hall–Kier alpha value is -3.00. The van der Waals surface area contributed by atoms with Gasteiger partial charge in [-0.25, -0.2) is 9.37 Å². The van der Waals surface area contributed by atoms with Crippen LogP contribution in [0.4, 0.5) is 10.1 Å². The first-order chi connectivity index (χ1) is 12.7. The molecule has 0 aliphatic carbocycles. The summed E-state index contributed by atoms with van der Waals surface area (Å²) in [4.78, 5) is 16.4. The largest absolute Gasteiger partial charge is 0.454 e. The van der Waals surface area contributed by atoms with Crippen molar-refractivity contribution in [3.8, 4) is 17.2 Å². The molecule has 132 valence electrons. The molecule has 0 fully saturated rings. The number of aromatic nitrogens is 2. The van der Waals surface area contributed by atoms with Gasteiger partial charge in [0.15, 0.2) is 16.7 Å². The third kappa shape index (κ3) is 3.50. The van der Waals surface area contributed by atoms with E-state index in [9.17, 15) is 9.18 Å². The first-order valence-corrected chi connectivity index (χ1v) is 8.79. The molecular formula is C18H14FN3O3S. The van der Waals surface area contributed by atoms with E-state index < -0.39 is 0 Å². The zero-order chi connectivity index (χ0) is 17.9. The van der Waals surface area contributed by atoms with Crippen LogP contribution in [0.1, 0.15) is 0 Å². The molecule has 0 bridgehead atoms. The number of ether oxygens (including phenoxy) is 2. The number of amides is 1. The quantitative estimate of drug-likeness (QED) is 0.696. The fourth-order valence-corrected chi connectivity index (χ4v) is 3.29. The highest BCUT2D eigenvalue weighted by molar-refractivity contribution is 7.99. The molecular weight excluding hydrogens is 357 g/mol. The van der Waals surface area contributed by atoms with Crippen LogP contribution in [0.3, 0.4) is 0 Å². The molecule has 2 aromatic carbocycles. The van der Waals surface area contributed by atoms with Crippen LogP contribution in [0, 0.1) is 5.82 Å². The number of nitrogens with zero attached hydrogens (tertiary/aromatic N) is 2. The van der Waals surface area contributed by atoms with Crippen molar-refractivity contribution in [2.45, 2.75) is 5.16 Å². The summed E-state index contributed by atoms with van der Waals surface area (Å²) in [5, 5.41) is 3.42. The molecule has 1 aliphatic rings. The molecule has 0 atom stereocenters. The van der Waals surface area contributed by atoms with Crippen molar-refractivity contribution in [1.82, 2.24) is 9.55 Å². The van der Waals surface area contributed by atoms with Crippen LogP contribution in [-0.4, -0.2) is 28.0 Å². The Bertz CT molecular complexity index is 960. The van der Waals surface area contributed by atoms with Gasteiger partial charge in [0.2, 0.25) is 12.7 Å². The summed E-state index contributed by atoms with van der Waals surface area (Å²) >= 11 is 1.27. The molecule has 1 aliphatic heterocycles. The number of hydrogen-bond acceptors (Lipinski definition) is 5. The second-order valence-corrected chi connectivity index (χ2v) is 6.41. The molecule has 0 saturated heterocycles. The number of thioether (sulfide) groups is 1. The van der Waals surface area contributed by atoms with Gasteiger partial charge in [-0.05, 0) is 30.3 Å². The Labute approximate surface area is 153 Å². The van der Waals surface area contributed by atoms with Crippen LogP contribution < -0.4 is 14.8 Å². The number of carbonyl (C=O) groups is 1. The topological polar surface area (TPSA) is 65.4 Å². The van der Waals surface area contributed by atoms with Gasteiger partial charge in [-0.1, -0.05) is 17.8 Å². The van der Waals surface area contributed by atoms with E-state index in [0.717, 1.165) is 0 Å². The lowest BCUT2D eigenvalue weighted by molar-refractivity contribution is -0.113. The third-order valence-corrected chi connectivity index (χ3v) is 4.65. The van der Waals surface area contributed by atoms with E-state index >= 15 is 0 Å². The van der Waals surface area contributed by atoms with Crippen molar-refractivity contribution >= 4 is 23.4 Å². The number of imidazole rings is 1. The van der Waals surface area contributed by atoms with Crippen molar-refractivity contribution in [2.24, 2.45) is 0 Å². The van der Waals surface area contributed by atoms with Gasteiger partial charge in [0.05, 0.1) is 11.4 Å². The maximum atomic E-state index is 13.4. The van der Waals surface area contributed by atoms with Crippen molar-refractivity contribution < 1.29 is 18.7 Å². The van der Waals surface area contributed by atoms with Crippen molar-refractivity contribution in [1.29, 1.82) is 0 Å². The summed E-state index contributed by atoms with van der Waals surface area (Å²) in [5.74, 6) is 0.933. The molecule has 6 nitrogen and oxygen atoms in total. The predicted molar refractivity (Wildman–Crippen MR) is 95.4 cm³/mol. The Morgan fingerprint density at radius 1 is 1.23 bits per heavy atom. The highest BCUT2D eigenvalue weighted by atomic mass is 32.2. The number of anilines is 1. The van der Waals surface area contributed by atoms with E-state index in [1.165, 1.54) is 23.9 Å². The summed E-state index contributed by atoms with van der Waals surface area (Å²) in [7, 11) is 0. The van der Waals surface area contributed by atoms with E-state index in [1.807, 2.05) is 0 Å². The lowest BCUT2D eigenvalue weighted by Gasteiger charge is -2.08.